The van der Waals surface area contributed by atoms with Gasteiger partial charge in [0, 0.05) is 18.7 Å². The maximum Gasteiger partial charge on any atom is 0.146 e. The first kappa shape index (κ1) is 12.8. The number of nitrogens with one attached hydrogen (secondary N) is 1. The lowest BCUT2D eigenvalue weighted by Gasteiger charge is -2.20. The van der Waals surface area contributed by atoms with Crippen molar-refractivity contribution in [2.24, 2.45) is 11.3 Å². The van der Waals surface area contributed by atoms with Gasteiger partial charge in [0.2, 0.25) is 0 Å². The zero-order chi connectivity index (χ0) is 12.5. The van der Waals surface area contributed by atoms with E-state index in [0.717, 1.165) is 6.54 Å². The highest BCUT2D eigenvalue weighted by molar-refractivity contribution is 6.30. The normalized spacial score (nSPS) is 17.5. The SMILES string of the molecule is CC(C)C1(CNCc2cccc(Cl)c2F)CC1. The van der Waals surface area contributed by atoms with Crippen LogP contribution >= 0.6 is 11.6 Å². The van der Waals surface area contributed by atoms with Crippen molar-refractivity contribution in [3.05, 3.63) is 34.6 Å². The van der Waals surface area contributed by atoms with Gasteiger partial charge >= 0.3 is 0 Å². The third-order valence-electron chi connectivity index (χ3n) is 3.94. The molecule has 1 N–H and O–H groups in total. The van der Waals surface area contributed by atoms with E-state index >= 15 is 0 Å². The Labute approximate surface area is 107 Å². The summed E-state index contributed by atoms with van der Waals surface area (Å²) >= 11 is 5.74. The van der Waals surface area contributed by atoms with Crippen molar-refractivity contribution in [1.82, 2.24) is 5.32 Å². The first-order chi connectivity index (χ1) is 8.05. The van der Waals surface area contributed by atoms with E-state index in [-0.39, 0.29) is 10.8 Å². The summed E-state index contributed by atoms with van der Waals surface area (Å²) in [5, 5.41) is 3.56. The molecule has 17 heavy (non-hydrogen) atoms. The minimum absolute atomic E-state index is 0.203. The van der Waals surface area contributed by atoms with Gasteiger partial charge in [-0.3, -0.25) is 0 Å². The molecule has 1 aliphatic carbocycles. The van der Waals surface area contributed by atoms with E-state index in [1.165, 1.54) is 12.8 Å². The molecular weight excluding hydrogens is 237 g/mol. The summed E-state index contributed by atoms with van der Waals surface area (Å²) in [6, 6.07) is 5.15. The van der Waals surface area contributed by atoms with Gasteiger partial charge in [0.15, 0.2) is 0 Å². The van der Waals surface area contributed by atoms with Gasteiger partial charge in [-0.25, -0.2) is 4.39 Å². The zero-order valence-electron chi connectivity index (χ0n) is 10.4. The minimum atomic E-state index is -0.295. The van der Waals surface area contributed by atoms with Gasteiger partial charge in [0.1, 0.15) is 5.82 Å². The fourth-order valence-corrected chi connectivity index (χ4v) is 2.44. The lowest BCUT2D eigenvalue weighted by molar-refractivity contribution is 0.337. The Bertz CT molecular complexity index is 399. The molecule has 94 valence electrons. The fourth-order valence-electron chi connectivity index (χ4n) is 2.25. The van der Waals surface area contributed by atoms with Crippen LogP contribution in [0.15, 0.2) is 18.2 Å². The Morgan fingerprint density at radius 1 is 1.41 bits per heavy atom. The van der Waals surface area contributed by atoms with E-state index in [4.69, 9.17) is 11.6 Å². The lowest BCUT2D eigenvalue weighted by Crippen LogP contribution is -2.27. The molecule has 1 aromatic rings. The lowest BCUT2D eigenvalue weighted by atomic mass is 9.92. The summed E-state index contributed by atoms with van der Waals surface area (Å²) in [6.07, 6.45) is 2.57. The summed E-state index contributed by atoms with van der Waals surface area (Å²) in [4.78, 5) is 0. The summed E-state index contributed by atoms with van der Waals surface area (Å²) < 4.78 is 13.6. The molecule has 1 saturated carbocycles. The van der Waals surface area contributed by atoms with Crippen LogP contribution in [0.5, 0.6) is 0 Å². The van der Waals surface area contributed by atoms with Crippen LogP contribution in [0.2, 0.25) is 5.02 Å². The molecule has 3 heteroatoms. The number of benzene rings is 1. The summed E-state index contributed by atoms with van der Waals surface area (Å²) in [5.41, 5.74) is 1.10. The van der Waals surface area contributed by atoms with Crippen molar-refractivity contribution in [3.63, 3.8) is 0 Å². The van der Waals surface area contributed by atoms with Crippen LogP contribution in [-0.4, -0.2) is 6.54 Å². The predicted molar refractivity (Wildman–Crippen MR) is 69.6 cm³/mol. The highest BCUT2D eigenvalue weighted by Crippen LogP contribution is 2.51. The summed E-state index contributed by atoms with van der Waals surface area (Å²) in [7, 11) is 0. The first-order valence-corrected chi connectivity index (χ1v) is 6.56. The fraction of sp³-hybridized carbons (Fsp3) is 0.571. The van der Waals surface area contributed by atoms with Crippen LogP contribution in [0, 0.1) is 17.2 Å². The smallest absolute Gasteiger partial charge is 0.146 e. The number of hydrogen-bond acceptors (Lipinski definition) is 1. The van der Waals surface area contributed by atoms with Gasteiger partial charge in [-0.1, -0.05) is 37.6 Å². The van der Waals surface area contributed by atoms with Crippen molar-refractivity contribution in [2.75, 3.05) is 6.54 Å². The van der Waals surface area contributed by atoms with E-state index in [1.54, 1.807) is 18.2 Å². The molecule has 0 aromatic heterocycles. The Morgan fingerprint density at radius 3 is 2.71 bits per heavy atom. The third-order valence-corrected chi connectivity index (χ3v) is 4.23. The van der Waals surface area contributed by atoms with Gasteiger partial charge in [-0.15, -0.1) is 0 Å². The van der Waals surface area contributed by atoms with Crippen LogP contribution in [0.25, 0.3) is 0 Å². The third kappa shape index (κ3) is 2.80. The number of hydrogen-bond donors (Lipinski definition) is 1. The number of halogens is 2. The van der Waals surface area contributed by atoms with Crippen LogP contribution in [-0.2, 0) is 6.54 Å². The van der Waals surface area contributed by atoms with E-state index in [2.05, 4.69) is 19.2 Å². The molecule has 0 saturated heterocycles. The van der Waals surface area contributed by atoms with Crippen molar-refractivity contribution in [1.29, 1.82) is 0 Å². The standard InChI is InChI=1S/C14H19ClFN/c1-10(2)14(6-7-14)9-17-8-11-4-3-5-12(15)13(11)16/h3-5,10,17H,6-9H2,1-2H3. The largest absolute Gasteiger partial charge is 0.312 e. The Kier molecular flexibility index (Phi) is 3.74. The van der Waals surface area contributed by atoms with E-state index in [1.807, 2.05) is 0 Å². The topological polar surface area (TPSA) is 12.0 Å². The minimum Gasteiger partial charge on any atom is -0.312 e. The molecule has 0 unspecified atom stereocenters. The van der Waals surface area contributed by atoms with Gasteiger partial charge in [0.05, 0.1) is 5.02 Å². The molecule has 1 nitrogen and oxygen atoms in total. The Hall–Kier alpha value is -0.600. The quantitative estimate of drug-likeness (QED) is 0.839. The average molecular weight is 256 g/mol. The molecule has 0 amide bonds. The molecule has 0 atom stereocenters. The maximum atomic E-state index is 13.6. The predicted octanol–water partition coefficient (Wildman–Crippen LogP) is 4.00. The maximum absolute atomic E-state index is 13.6. The van der Waals surface area contributed by atoms with Crippen molar-refractivity contribution >= 4 is 11.6 Å². The van der Waals surface area contributed by atoms with E-state index in [9.17, 15) is 4.39 Å². The molecule has 1 aliphatic rings. The molecule has 0 heterocycles. The molecule has 0 radical (unpaired) electrons. The molecule has 0 bridgehead atoms. The second kappa shape index (κ2) is 4.95. The summed E-state index contributed by atoms with van der Waals surface area (Å²) in [6.45, 7) is 6.04. The molecular formula is C14H19ClFN. The molecule has 2 rings (SSSR count). The van der Waals surface area contributed by atoms with Gasteiger partial charge in [0.25, 0.3) is 0 Å². The second-order valence-electron chi connectivity index (χ2n) is 5.33. The van der Waals surface area contributed by atoms with Gasteiger partial charge < -0.3 is 5.32 Å². The van der Waals surface area contributed by atoms with E-state index < -0.39 is 0 Å². The van der Waals surface area contributed by atoms with Gasteiger partial charge in [-0.2, -0.15) is 0 Å². The molecule has 1 aromatic carbocycles. The van der Waals surface area contributed by atoms with Crippen molar-refractivity contribution in [2.45, 2.75) is 33.2 Å². The Morgan fingerprint density at radius 2 is 2.12 bits per heavy atom. The summed E-state index contributed by atoms with van der Waals surface area (Å²) in [5.74, 6) is 0.398. The van der Waals surface area contributed by atoms with Crippen LogP contribution in [0.3, 0.4) is 0 Å². The van der Waals surface area contributed by atoms with Gasteiger partial charge in [-0.05, 0) is 30.2 Å². The molecule has 0 aliphatic heterocycles. The zero-order valence-corrected chi connectivity index (χ0v) is 11.1. The van der Waals surface area contributed by atoms with Crippen molar-refractivity contribution < 1.29 is 4.39 Å². The van der Waals surface area contributed by atoms with Crippen LogP contribution in [0.4, 0.5) is 4.39 Å². The number of rotatable bonds is 5. The van der Waals surface area contributed by atoms with Crippen LogP contribution in [0.1, 0.15) is 32.3 Å². The second-order valence-corrected chi connectivity index (χ2v) is 5.74. The Balaban J connectivity index is 1.89. The van der Waals surface area contributed by atoms with Crippen LogP contribution < -0.4 is 5.32 Å². The molecule has 0 spiro atoms. The van der Waals surface area contributed by atoms with Crippen molar-refractivity contribution in [3.8, 4) is 0 Å². The monoisotopic (exact) mass is 255 g/mol. The highest BCUT2D eigenvalue weighted by atomic mass is 35.5. The highest BCUT2D eigenvalue weighted by Gasteiger charge is 2.44. The molecule has 1 fully saturated rings. The van der Waals surface area contributed by atoms with E-state index in [0.29, 0.717) is 23.4 Å². The first-order valence-electron chi connectivity index (χ1n) is 6.19. The average Bonchev–Trinajstić information content (AvgIpc) is 3.05.